The van der Waals surface area contributed by atoms with Crippen molar-refractivity contribution in [3.05, 3.63) is 41.7 Å². The molecular weight excluding hydrogens is 315 g/mol. The van der Waals surface area contributed by atoms with Gasteiger partial charge in [-0.15, -0.1) is 0 Å². The van der Waals surface area contributed by atoms with E-state index in [0.717, 1.165) is 28.8 Å². The van der Waals surface area contributed by atoms with Gasteiger partial charge in [0.25, 0.3) is 0 Å². The average Bonchev–Trinajstić information content (AvgIpc) is 2.48. The summed E-state index contributed by atoms with van der Waals surface area (Å²) >= 11 is 0. The number of fused-ring (bicyclic) bond motifs is 1. The molecule has 0 aliphatic carbocycles. The van der Waals surface area contributed by atoms with Gasteiger partial charge in [0.15, 0.2) is 0 Å². The van der Waals surface area contributed by atoms with Crippen LogP contribution in [0.1, 0.15) is 47.1 Å². The predicted octanol–water partition coefficient (Wildman–Crippen LogP) is 6.91. The Hall–Kier alpha value is -1.35. The summed E-state index contributed by atoms with van der Waals surface area (Å²) in [6.45, 7) is 14.1. The van der Waals surface area contributed by atoms with Crippen LogP contribution in [0.15, 0.2) is 30.3 Å². The van der Waals surface area contributed by atoms with Crippen LogP contribution in [0.5, 0.6) is 5.75 Å². The number of phenolic OH excluding ortho intramolecular Hbond substituents is 1. The predicted molar refractivity (Wildman–Crippen MR) is 105 cm³/mol. The van der Waals surface area contributed by atoms with Gasteiger partial charge in [0.2, 0.25) is 0 Å². The molecular formula is C21H31FOSi. The van der Waals surface area contributed by atoms with Crippen LogP contribution in [0.4, 0.5) is 4.39 Å². The first-order valence-electron chi connectivity index (χ1n) is 9.10. The molecule has 132 valence electrons. The summed E-state index contributed by atoms with van der Waals surface area (Å²) in [6.07, 6.45) is 0.786. The lowest BCUT2D eigenvalue weighted by Crippen LogP contribution is -2.44. The highest BCUT2D eigenvalue weighted by atomic mass is 28.3. The Morgan fingerprint density at radius 2 is 1.50 bits per heavy atom. The van der Waals surface area contributed by atoms with Crippen molar-refractivity contribution < 1.29 is 9.50 Å². The first-order valence-corrected chi connectivity index (χ1v) is 11.5. The zero-order valence-corrected chi connectivity index (χ0v) is 16.9. The van der Waals surface area contributed by atoms with E-state index in [4.69, 9.17) is 0 Å². The summed E-state index contributed by atoms with van der Waals surface area (Å²) < 4.78 is 14.6. The second kappa shape index (κ2) is 7.26. The number of phenols is 1. The van der Waals surface area contributed by atoms with Crippen LogP contribution in [0.2, 0.25) is 22.7 Å². The third-order valence-corrected chi connectivity index (χ3v) is 13.7. The Labute approximate surface area is 146 Å². The van der Waals surface area contributed by atoms with Crippen molar-refractivity contribution >= 4 is 18.8 Å². The van der Waals surface area contributed by atoms with Crippen LogP contribution in [-0.2, 0) is 6.42 Å². The Bertz CT molecular complexity index is 685. The minimum atomic E-state index is -1.55. The van der Waals surface area contributed by atoms with Crippen LogP contribution >= 0.6 is 0 Å². The minimum Gasteiger partial charge on any atom is -0.508 e. The summed E-state index contributed by atoms with van der Waals surface area (Å²) in [4.78, 5) is 0. The lowest BCUT2D eigenvalue weighted by molar-refractivity contribution is 0.476. The molecule has 0 saturated heterocycles. The van der Waals surface area contributed by atoms with Crippen molar-refractivity contribution in [2.75, 3.05) is 0 Å². The molecule has 24 heavy (non-hydrogen) atoms. The molecule has 0 aliphatic rings. The van der Waals surface area contributed by atoms with E-state index in [2.05, 4.69) is 41.5 Å². The van der Waals surface area contributed by atoms with E-state index in [1.165, 1.54) is 0 Å². The second-order valence-corrected chi connectivity index (χ2v) is 14.2. The maximum Gasteiger partial charge on any atom is 0.127 e. The molecule has 0 heterocycles. The minimum absolute atomic E-state index is 0.118. The number of hydrogen-bond donors (Lipinski definition) is 1. The number of rotatable bonds is 6. The molecule has 0 aromatic heterocycles. The van der Waals surface area contributed by atoms with Crippen LogP contribution in [-0.4, -0.2) is 13.2 Å². The third-order valence-electron chi connectivity index (χ3n) is 6.09. The molecule has 1 N–H and O–H groups in total. The van der Waals surface area contributed by atoms with E-state index in [1.807, 2.05) is 6.07 Å². The number of aryl methyl sites for hydroxylation is 1. The largest absolute Gasteiger partial charge is 0.508 e. The van der Waals surface area contributed by atoms with Crippen molar-refractivity contribution in [1.82, 2.24) is 0 Å². The van der Waals surface area contributed by atoms with Gasteiger partial charge >= 0.3 is 0 Å². The highest BCUT2D eigenvalue weighted by molar-refractivity contribution is 6.83. The van der Waals surface area contributed by atoms with Gasteiger partial charge in [0.05, 0.1) is 8.07 Å². The zero-order valence-electron chi connectivity index (χ0n) is 15.9. The fraction of sp³-hybridized carbons (Fsp3) is 0.524. The Morgan fingerprint density at radius 1 is 0.917 bits per heavy atom. The summed E-state index contributed by atoms with van der Waals surface area (Å²) in [5, 5.41) is 11.5. The lowest BCUT2D eigenvalue weighted by atomic mass is 10.0. The monoisotopic (exact) mass is 346 g/mol. The van der Waals surface area contributed by atoms with Crippen molar-refractivity contribution in [3.63, 3.8) is 0 Å². The zero-order chi connectivity index (χ0) is 18.1. The fourth-order valence-corrected chi connectivity index (χ4v) is 11.2. The molecule has 0 saturated carbocycles. The molecule has 2 aromatic rings. The van der Waals surface area contributed by atoms with E-state index in [-0.39, 0.29) is 11.6 Å². The molecule has 0 radical (unpaired) electrons. The topological polar surface area (TPSA) is 20.2 Å². The lowest BCUT2D eigenvalue weighted by Gasteiger charge is -2.43. The summed E-state index contributed by atoms with van der Waals surface area (Å²) in [5.74, 6) is 0.114. The van der Waals surface area contributed by atoms with Crippen molar-refractivity contribution in [2.24, 2.45) is 0 Å². The van der Waals surface area contributed by atoms with E-state index < -0.39 is 8.07 Å². The fourth-order valence-electron chi connectivity index (χ4n) is 4.82. The number of hydrogen-bond acceptors (Lipinski definition) is 1. The Morgan fingerprint density at radius 3 is 2.04 bits per heavy atom. The second-order valence-electron chi connectivity index (χ2n) is 8.01. The van der Waals surface area contributed by atoms with E-state index in [9.17, 15) is 9.50 Å². The first kappa shape index (κ1) is 19.0. The van der Waals surface area contributed by atoms with Gasteiger partial charge in [-0.3, -0.25) is 0 Å². The van der Waals surface area contributed by atoms with Gasteiger partial charge in [-0.2, -0.15) is 0 Å². The normalized spacial score (nSPS) is 12.8. The summed E-state index contributed by atoms with van der Waals surface area (Å²) in [6, 6.07) is 9.63. The van der Waals surface area contributed by atoms with Gasteiger partial charge in [-0.05, 0) is 41.0 Å². The maximum atomic E-state index is 14.6. The van der Waals surface area contributed by atoms with Crippen LogP contribution in [0.3, 0.4) is 0 Å². The highest BCUT2D eigenvalue weighted by Gasteiger charge is 2.42. The highest BCUT2D eigenvalue weighted by Crippen LogP contribution is 2.45. The quantitative estimate of drug-likeness (QED) is 0.564. The van der Waals surface area contributed by atoms with Gasteiger partial charge in [0, 0.05) is 0 Å². The molecule has 0 aliphatic heterocycles. The Balaban J connectivity index is 2.43. The number of aromatic hydroxyl groups is 1. The molecule has 0 unspecified atom stereocenters. The van der Waals surface area contributed by atoms with E-state index in [1.54, 1.807) is 24.3 Å². The van der Waals surface area contributed by atoms with Gasteiger partial charge < -0.3 is 5.11 Å². The van der Waals surface area contributed by atoms with Crippen molar-refractivity contribution in [3.8, 4) is 5.75 Å². The third kappa shape index (κ3) is 3.37. The molecule has 2 rings (SSSR count). The van der Waals surface area contributed by atoms with Gasteiger partial charge in [-0.25, -0.2) is 4.39 Å². The van der Waals surface area contributed by atoms with Crippen molar-refractivity contribution in [1.29, 1.82) is 0 Å². The molecule has 3 heteroatoms. The molecule has 0 amide bonds. The molecule has 1 nitrogen and oxygen atoms in total. The maximum absolute atomic E-state index is 14.6. The Kier molecular flexibility index (Phi) is 5.74. The first-order chi connectivity index (χ1) is 11.2. The molecule has 2 aromatic carbocycles. The number of halogens is 1. The SMILES string of the molecule is CC(C)[Si](CCc1c(F)ccc2cc(O)ccc12)(C(C)C)C(C)C. The summed E-state index contributed by atoms with van der Waals surface area (Å²) in [7, 11) is -1.55. The van der Waals surface area contributed by atoms with Crippen LogP contribution in [0, 0.1) is 5.82 Å². The molecule has 0 spiro atoms. The van der Waals surface area contributed by atoms with E-state index in [0.29, 0.717) is 16.6 Å². The summed E-state index contributed by atoms with van der Waals surface area (Å²) in [5.41, 5.74) is 2.85. The van der Waals surface area contributed by atoms with Crippen LogP contribution < -0.4 is 0 Å². The molecule has 0 bridgehead atoms. The number of benzene rings is 2. The van der Waals surface area contributed by atoms with Gasteiger partial charge in [0.1, 0.15) is 11.6 Å². The van der Waals surface area contributed by atoms with Crippen molar-refractivity contribution in [2.45, 2.75) is 70.6 Å². The van der Waals surface area contributed by atoms with E-state index >= 15 is 0 Å². The molecule has 0 atom stereocenters. The standard InChI is InChI=1S/C21H31FOSi/c1-14(2)24(15(3)4,16(5)6)12-11-20-19-9-8-18(23)13-17(19)7-10-21(20)22/h7-10,13-16,23H,11-12H2,1-6H3. The van der Waals surface area contributed by atoms with Crippen LogP contribution in [0.25, 0.3) is 10.8 Å². The van der Waals surface area contributed by atoms with Gasteiger partial charge in [-0.1, -0.05) is 76.3 Å². The molecule has 0 fully saturated rings. The average molecular weight is 347 g/mol. The smallest absolute Gasteiger partial charge is 0.127 e.